The minimum atomic E-state index is -0.271. The molecule has 0 fully saturated rings. The summed E-state index contributed by atoms with van der Waals surface area (Å²) >= 11 is 12.1. The Morgan fingerprint density at radius 1 is 1.12 bits per heavy atom. The number of nitrogens with two attached hydrogens (primary N) is 1. The van der Waals surface area contributed by atoms with Crippen LogP contribution in [0.4, 0.5) is 10.1 Å². The van der Waals surface area contributed by atoms with Gasteiger partial charge in [0.15, 0.2) is 6.54 Å². The van der Waals surface area contributed by atoms with Gasteiger partial charge < -0.3 is 10.6 Å². The highest BCUT2D eigenvalue weighted by Gasteiger charge is 2.21. The van der Waals surface area contributed by atoms with E-state index in [1.54, 1.807) is 30.3 Å². The maximum absolute atomic E-state index is 13.1. The van der Waals surface area contributed by atoms with E-state index < -0.39 is 0 Å². The molecule has 24 heavy (non-hydrogen) atoms. The minimum absolute atomic E-state index is 0.0538. The number of carbonyl (C=O) groups excluding carboxylic acids is 1. The second-order valence-corrected chi connectivity index (χ2v) is 6.72. The molecule has 0 aliphatic heterocycles. The summed E-state index contributed by atoms with van der Waals surface area (Å²) in [5, 5.41) is 5.46. The van der Waals surface area contributed by atoms with Crippen LogP contribution in [0.15, 0.2) is 42.5 Å². The third-order valence-electron chi connectivity index (χ3n) is 3.76. The van der Waals surface area contributed by atoms with Crippen LogP contribution < -0.4 is 10.6 Å². The summed E-state index contributed by atoms with van der Waals surface area (Å²) in [5.41, 5.74) is 1.40. The molecule has 0 aromatic heterocycles. The second kappa shape index (κ2) is 8.47. The van der Waals surface area contributed by atoms with Crippen molar-refractivity contribution in [2.45, 2.75) is 19.9 Å². The summed E-state index contributed by atoms with van der Waals surface area (Å²) < 4.78 is 13.1. The first-order valence-corrected chi connectivity index (χ1v) is 8.46. The molecule has 0 bridgehead atoms. The maximum atomic E-state index is 13.1. The summed E-state index contributed by atoms with van der Waals surface area (Å²) in [6, 6.07) is 11.5. The van der Waals surface area contributed by atoms with Crippen molar-refractivity contribution < 1.29 is 14.5 Å². The van der Waals surface area contributed by atoms with Crippen molar-refractivity contribution in [3.8, 4) is 0 Å². The molecule has 0 radical (unpaired) electrons. The van der Waals surface area contributed by atoms with E-state index in [1.807, 2.05) is 5.32 Å². The molecule has 0 spiro atoms. The lowest BCUT2D eigenvalue weighted by Gasteiger charge is -2.19. The summed E-state index contributed by atoms with van der Waals surface area (Å²) in [5.74, 6) is -0.183. The van der Waals surface area contributed by atoms with Crippen LogP contribution in [-0.4, -0.2) is 12.5 Å². The van der Waals surface area contributed by atoms with Crippen LogP contribution >= 0.6 is 23.2 Å². The van der Waals surface area contributed by atoms with Crippen molar-refractivity contribution in [3.63, 3.8) is 0 Å². The van der Waals surface area contributed by atoms with Gasteiger partial charge in [0.05, 0.1) is 15.7 Å². The van der Waals surface area contributed by atoms with Gasteiger partial charge in [0, 0.05) is 11.5 Å². The average molecular weight is 370 g/mol. The Morgan fingerprint density at radius 2 is 1.71 bits per heavy atom. The second-order valence-electron chi connectivity index (χ2n) is 5.91. The van der Waals surface area contributed by atoms with Crippen molar-refractivity contribution in [2.75, 3.05) is 11.9 Å². The quantitative estimate of drug-likeness (QED) is 0.792. The number of para-hydroxylation sites is 1. The summed E-state index contributed by atoms with van der Waals surface area (Å²) in [6.07, 6.45) is 0. The average Bonchev–Trinajstić information content (AvgIpc) is 2.52. The number of halogens is 3. The summed E-state index contributed by atoms with van der Waals surface area (Å²) in [4.78, 5) is 12.2. The van der Waals surface area contributed by atoms with E-state index in [2.05, 4.69) is 19.2 Å². The number of anilines is 1. The van der Waals surface area contributed by atoms with Gasteiger partial charge in [-0.15, -0.1) is 0 Å². The van der Waals surface area contributed by atoms with Gasteiger partial charge >= 0.3 is 0 Å². The molecule has 128 valence electrons. The molecule has 1 amide bonds. The predicted molar refractivity (Wildman–Crippen MR) is 95.9 cm³/mol. The number of hydrogen-bond donors (Lipinski definition) is 2. The first kappa shape index (κ1) is 18.7. The van der Waals surface area contributed by atoms with E-state index in [1.165, 1.54) is 12.1 Å². The van der Waals surface area contributed by atoms with Gasteiger partial charge in [0.1, 0.15) is 11.9 Å². The minimum Gasteiger partial charge on any atom is -0.332 e. The monoisotopic (exact) mass is 369 g/mol. The van der Waals surface area contributed by atoms with Gasteiger partial charge in [-0.2, -0.15) is 0 Å². The van der Waals surface area contributed by atoms with Crippen LogP contribution in [-0.2, 0) is 4.79 Å². The van der Waals surface area contributed by atoms with Crippen molar-refractivity contribution in [1.82, 2.24) is 0 Å². The highest BCUT2D eigenvalue weighted by Crippen LogP contribution is 2.29. The lowest BCUT2D eigenvalue weighted by atomic mass is 9.96. The standard InChI is InChI=1S/C18H19Cl2FN2O/c1-11(2)17(12-6-8-13(21)9-7-12)22-10-16(24)23-18-14(19)4-3-5-15(18)20/h3-9,11,17,22H,10H2,1-2H3,(H,23,24)/p+1/t17-/m1/s1. The smallest absolute Gasteiger partial charge is 0.279 e. The molecule has 2 aromatic rings. The topological polar surface area (TPSA) is 45.7 Å². The number of hydrogen-bond acceptors (Lipinski definition) is 1. The van der Waals surface area contributed by atoms with Crippen LogP contribution in [0.5, 0.6) is 0 Å². The molecule has 1 atom stereocenters. The van der Waals surface area contributed by atoms with Gasteiger partial charge in [-0.1, -0.05) is 55.2 Å². The van der Waals surface area contributed by atoms with Crippen molar-refractivity contribution in [3.05, 3.63) is 63.9 Å². The van der Waals surface area contributed by atoms with Gasteiger partial charge in [-0.3, -0.25) is 4.79 Å². The first-order valence-electron chi connectivity index (χ1n) is 7.71. The molecule has 0 saturated carbocycles. The fourth-order valence-corrected chi connectivity index (χ4v) is 3.01. The molecule has 0 saturated heterocycles. The normalized spacial score (nSPS) is 12.2. The third-order valence-corrected chi connectivity index (χ3v) is 4.39. The Balaban J connectivity index is 2.01. The Morgan fingerprint density at radius 3 is 2.25 bits per heavy atom. The van der Waals surface area contributed by atoms with Crippen molar-refractivity contribution in [2.24, 2.45) is 5.92 Å². The molecule has 3 N–H and O–H groups in total. The maximum Gasteiger partial charge on any atom is 0.279 e. The molecular formula is C18H20Cl2FN2O+. The van der Waals surface area contributed by atoms with Crippen molar-refractivity contribution >= 4 is 34.8 Å². The Labute approximate surface area is 151 Å². The van der Waals surface area contributed by atoms with Gasteiger partial charge in [-0.25, -0.2) is 4.39 Å². The van der Waals surface area contributed by atoms with E-state index in [0.29, 0.717) is 15.7 Å². The Kier molecular flexibility index (Phi) is 6.60. The molecule has 0 aliphatic rings. The molecule has 3 nitrogen and oxygen atoms in total. The van der Waals surface area contributed by atoms with E-state index in [0.717, 1.165) is 5.56 Å². The molecule has 2 rings (SSSR count). The van der Waals surface area contributed by atoms with E-state index >= 15 is 0 Å². The zero-order chi connectivity index (χ0) is 17.7. The number of amides is 1. The predicted octanol–water partition coefficient (Wildman–Crippen LogP) is 4.03. The van der Waals surface area contributed by atoms with Crippen LogP contribution in [0, 0.1) is 11.7 Å². The number of carbonyl (C=O) groups is 1. The number of benzene rings is 2. The largest absolute Gasteiger partial charge is 0.332 e. The summed E-state index contributed by atoms with van der Waals surface area (Å²) in [6.45, 7) is 4.34. The van der Waals surface area contributed by atoms with E-state index in [4.69, 9.17) is 23.2 Å². The molecule has 0 aliphatic carbocycles. The SMILES string of the molecule is CC(C)[C@@H]([NH2+]CC(=O)Nc1c(Cl)cccc1Cl)c1ccc(F)cc1. The molecule has 0 unspecified atom stereocenters. The van der Waals surface area contributed by atoms with E-state index in [9.17, 15) is 9.18 Å². The van der Waals surface area contributed by atoms with Gasteiger partial charge in [0.2, 0.25) is 0 Å². The zero-order valence-electron chi connectivity index (χ0n) is 13.5. The number of nitrogens with one attached hydrogen (secondary N) is 1. The molecule has 6 heteroatoms. The van der Waals surface area contributed by atoms with Crippen LogP contribution in [0.3, 0.4) is 0 Å². The van der Waals surface area contributed by atoms with Crippen molar-refractivity contribution in [1.29, 1.82) is 0 Å². The zero-order valence-corrected chi connectivity index (χ0v) is 15.0. The third kappa shape index (κ3) is 4.94. The fourth-order valence-electron chi connectivity index (χ4n) is 2.52. The number of rotatable bonds is 6. The fraction of sp³-hybridized carbons (Fsp3) is 0.278. The van der Waals surface area contributed by atoms with Crippen LogP contribution in [0.1, 0.15) is 25.5 Å². The lowest BCUT2D eigenvalue weighted by Crippen LogP contribution is -2.88. The highest BCUT2D eigenvalue weighted by atomic mass is 35.5. The van der Waals surface area contributed by atoms with Gasteiger partial charge in [0.25, 0.3) is 5.91 Å². The first-order chi connectivity index (χ1) is 11.4. The highest BCUT2D eigenvalue weighted by molar-refractivity contribution is 6.39. The Bertz CT molecular complexity index is 684. The molecular weight excluding hydrogens is 350 g/mol. The lowest BCUT2D eigenvalue weighted by molar-refractivity contribution is -0.692. The Hall–Kier alpha value is -1.62. The van der Waals surface area contributed by atoms with E-state index in [-0.39, 0.29) is 30.2 Å². The van der Waals surface area contributed by atoms with Crippen LogP contribution in [0.2, 0.25) is 10.0 Å². The van der Waals surface area contributed by atoms with Gasteiger partial charge in [-0.05, 0) is 24.3 Å². The number of quaternary nitrogens is 1. The summed E-state index contributed by atoms with van der Waals surface area (Å²) in [7, 11) is 0. The molecule has 2 aromatic carbocycles. The van der Waals surface area contributed by atoms with Crippen LogP contribution in [0.25, 0.3) is 0 Å². The molecule has 0 heterocycles.